The summed E-state index contributed by atoms with van der Waals surface area (Å²) in [6.45, 7) is 4.46. The fourth-order valence-electron chi connectivity index (χ4n) is 1.75. The van der Waals surface area contributed by atoms with Crippen LogP contribution in [0.5, 0.6) is 5.75 Å². The summed E-state index contributed by atoms with van der Waals surface area (Å²) in [7, 11) is 0. The van der Waals surface area contributed by atoms with Crippen molar-refractivity contribution in [3.8, 4) is 5.75 Å². The van der Waals surface area contributed by atoms with E-state index >= 15 is 0 Å². The first kappa shape index (κ1) is 16.8. The summed E-state index contributed by atoms with van der Waals surface area (Å²) in [4.78, 5) is 0. The van der Waals surface area contributed by atoms with E-state index in [0.717, 1.165) is 29.4 Å². The van der Waals surface area contributed by atoms with E-state index in [1.54, 1.807) is 0 Å². The predicted octanol–water partition coefficient (Wildman–Crippen LogP) is 4.45. The van der Waals surface area contributed by atoms with Crippen molar-refractivity contribution in [3.05, 3.63) is 64.7 Å². The van der Waals surface area contributed by atoms with Crippen LogP contribution in [-0.2, 0) is 13.2 Å². The number of ether oxygens (including phenoxy) is 1. The number of halogens is 2. The third kappa shape index (κ3) is 5.04. The van der Waals surface area contributed by atoms with E-state index in [0.29, 0.717) is 6.61 Å². The van der Waals surface area contributed by atoms with Crippen molar-refractivity contribution in [3.63, 3.8) is 0 Å². The van der Waals surface area contributed by atoms with Crippen LogP contribution in [0.3, 0.4) is 0 Å². The molecular formula is C16H19Cl2NO. The zero-order valence-corrected chi connectivity index (χ0v) is 13.0. The number of rotatable bonds is 6. The van der Waals surface area contributed by atoms with Crippen LogP contribution in [-0.4, -0.2) is 6.54 Å². The van der Waals surface area contributed by atoms with Crippen LogP contribution in [0.4, 0.5) is 0 Å². The first-order valence-corrected chi connectivity index (χ1v) is 6.83. The van der Waals surface area contributed by atoms with Crippen LogP contribution in [0.15, 0.2) is 48.5 Å². The summed E-state index contributed by atoms with van der Waals surface area (Å²) < 4.78 is 5.73. The molecule has 0 amide bonds. The smallest absolute Gasteiger partial charge is 0.119 e. The molecule has 0 spiro atoms. The van der Waals surface area contributed by atoms with E-state index < -0.39 is 0 Å². The molecule has 2 nitrogen and oxygen atoms in total. The zero-order valence-electron chi connectivity index (χ0n) is 11.4. The average molecular weight is 312 g/mol. The summed E-state index contributed by atoms with van der Waals surface area (Å²) >= 11 is 6.08. The zero-order chi connectivity index (χ0) is 13.5. The van der Waals surface area contributed by atoms with Gasteiger partial charge < -0.3 is 10.1 Å². The maximum atomic E-state index is 6.08. The van der Waals surface area contributed by atoms with Gasteiger partial charge in [-0.1, -0.05) is 48.9 Å². The molecule has 0 aliphatic carbocycles. The molecule has 4 heteroatoms. The Morgan fingerprint density at radius 1 is 1.05 bits per heavy atom. The predicted molar refractivity (Wildman–Crippen MR) is 86.9 cm³/mol. The molecule has 0 saturated heterocycles. The molecule has 1 N–H and O–H groups in total. The van der Waals surface area contributed by atoms with Crippen molar-refractivity contribution in [1.82, 2.24) is 5.32 Å². The molecule has 0 unspecified atom stereocenters. The van der Waals surface area contributed by atoms with E-state index in [1.807, 2.05) is 36.4 Å². The van der Waals surface area contributed by atoms with Crippen LogP contribution in [0.25, 0.3) is 0 Å². The molecule has 2 aromatic rings. The van der Waals surface area contributed by atoms with Crippen molar-refractivity contribution in [2.75, 3.05) is 6.54 Å². The molecule has 0 atom stereocenters. The largest absolute Gasteiger partial charge is 0.489 e. The van der Waals surface area contributed by atoms with Gasteiger partial charge in [0, 0.05) is 17.1 Å². The molecule has 0 saturated carbocycles. The maximum absolute atomic E-state index is 6.08. The van der Waals surface area contributed by atoms with E-state index in [-0.39, 0.29) is 12.4 Å². The number of nitrogens with one attached hydrogen (secondary N) is 1. The van der Waals surface area contributed by atoms with E-state index in [1.165, 1.54) is 5.56 Å². The van der Waals surface area contributed by atoms with Gasteiger partial charge in [0.15, 0.2) is 0 Å². The van der Waals surface area contributed by atoms with Gasteiger partial charge in [-0.05, 0) is 30.3 Å². The van der Waals surface area contributed by atoms with Gasteiger partial charge in [0.2, 0.25) is 0 Å². The highest BCUT2D eigenvalue weighted by atomic mass is 35.5. The third-order valence-corrected chi connectivity index (χ3v) is 3.22. The first-order chi connectivity index (χ1) is 9.29. The molecule has 0 aromatic heterocycles. The summed E-state index contributed by atoms with van der Waals surface area (Å²) in [5.74, 6) is 0.861. The van der Waals surface area contributed by atoms with Crippen molar-refractivity contribution < 1.29 is 4.74 Å². The van der Waals surface area contributed by atoms with Gasteiger partial charge in [0.1, 0.15) is 12.4 Å². The normalized spacial score (nSPS) is 9.90. The second kappa shape index (κ2) is 8.85. The van der Waals surface area contributed by atoms with Crippen molar-refractivity contribution in [2.24, 2.45) is 0 Å². The van der Waals surface area contributed by atoms with E-state index in [2.05, 4.69) is 24.4 Å². The van der Waals surface area contributed by atoms with Crippen LogP contribution in [0, 0.1) is 0 Å². The number of hydrogen-bond donors (Lipinski definition) is 1. The number of benzene rings is 2. The number of hydrogen-bond acceptors (Lipinski definition) is 2. The Bertz CT molecular complexity index is 514. The molecule has 20 heavy (non-hydrogen) atoms. The highest BCUT2D eigenvalue weighted by molar-refractivity contribution is 6.31. The lowest BCUT2D eigenvalue weighted by atomic mass is 10.2. The highest BCUT2D eigenvalue weighted by Gasteiger charge is 2.00. The second-order valence-corrected chi connectivity index (χ2v) is 4.71. The maximum Gasteiger partial charge on any atom is 0.119 e. The Balaban J connectivity index is 0.00000200. The Hall–Kier alpha value is -1.22. The molecule has 0 fully saturated rings. The summed E-state index contributed by atoms with van der Waals surface area (Å²) in [5.41, 5.74) is 2.26. The van der Waals surface area contributed by atoms with Gasteiger partial charge in [0.25, 0.3) is 0 Å². The lowest BCUT2D eigenvalue weighted by Gasteiger charge is -2.08. The van der Waals surface area contributed by atoms with Crippen LogP contribution >= 0.6 is 24.0 Å². The van der Waals surface area contributed by atoms with Crippen LogP contribution in [0.1, 0.15) is 18.1 Å². The first-order valence-electron chi connectivity index (χ1n) is 6.45. The van der Waals surface area contributed by atoms with E-state index in [4.69, 9.17) is 16.3 Å². The molecule has 0 bridgehead atoms. The monoisotopic (exact) mass is 311 g/mol. The quantitative estimate of drug-likeness (QED) is 0.851. The van der Waals surface area contributed by atoms with Gasteiger partial charge in [-0.25, -0.2) is 0 Å². The lowest BCUT2D eigenvalue weighted by molar-refractivity contribution is 0.306. The average Bonchev–Trinajstić information content (AvgIpc) is 2.45. The van der Waals surface area contributed by atoms with Gasteiger partial charge >= 0.3 is 0 Å². The molecule has 0 aliphatic heterocycles. The van der Waals surface area contributed by atoms with Gasteiger partial charge in [-0.3, -0.25) is 0 Å². The highest BCUT2D eigenvalue weighted by Crippen LogP contribution is 2.18. The summed E-state index contributed by atoms with van der Waals surface area (Å²) in [6, 6.07) is 15.9. The molecule has 0 radical (unpaired) electrons. The van der Waals surface area contributed by atoms with Gasteiger partial charge in [-0.15, -0.1) is 12.4 Å². The minimum Gasteiger partial charge on any atom is -0.489 e. The molecule has 0 aliphatic rings. The topological polar surface area (TPSA) is 21.3 Å². The Morgan fingerprint density at radius 3 is 2.40 bits per heavy atom. The van der Waals surface area contributed by atoms with Gasteiger partial charge in [0.05, 0.1) is 0 Å². The lowest BCUT2D eigenvalue weighted by Crippen LogP contribution is -2.11. The minimum atomic E-state index is 0. The summed E-state index contributed by atoms with van der Waals surface area (Å²) in [6.07, 6.45) is 0. The molecule has 108 valence electrons. The SMILES string of the molecule is CCNCc1ccc(OCc2ccccc2Cl)cc1.Cl. The third-order valence-electron chi connectivity index (χ3n) is 2.85. The van der Waals surface area contributed by atoms with Crippen molar-refractivity contribution >= 4 is 24.0 Å². The summed E-state index contributed by atoms with van der Waals surface area (Å²) in [5, 5.41) is 4.03. The minimum absolute atomic E-state index is 0. The van der Waals surface area contributed by atoms with Gasteiger partial charge in [-0.2, -0.15) is 0 Å². The molecule has 2 rings (SSSR count). The fourth-order valence-corrected chi connectivity index (χ4v) is 1.94. The molecular weight excluding hydrogens is 293 g/mol. The molecule has 0 heterocycles. The standard InChI is InChI=1S/C16H18ClNO.ClH/c1-2-18-11-13-7-9-15(10-8-13)19-12-14-5-3-4-6-16(14)17;/h3-10,18H,2,11-12H2,1H3;1H. The second-order valence-electron chi connectivity index (χ2n) is 4.30. The molecule has 2 aromatic carbocycles. The Morgan fingerprint density at radius 2 is 1.75 bits per heavy atom. The van der Waals surface area contributed by atoms with Crippen molar-refractivity contribution in [1.29, 1.82) is 0 Å². The fraction of sp³-hybridized carbons (Fsp3) is 0.250. The Labute approximate surface area is 131 Å². The Kier molecular flexibility index (Phi) is 7.45. The van der Waals surface area contributed by atoms with Crippen LogP contribution in [0.2, 0.25) is 5.02 Å². The van der Waals surface area contributed by atoms with E-state index in [9.17, 15) is 0 Å². The van der Waals surface area contributed by atoms with Crippen molar-refractivity contribution in [2.45, 2.75) is 20.1 Å². The van der Waals surface area contributed by atoms with Crippen LogP contribution < -0.4 is 10.1 Å².